The Balaban J connectivity index is 1.25. The van der Waals surface area contributed by atoms with Crippen LogP contribution in [-0.4, -0.2) is 119 Å². The van der Waals surface area contributed by atoms with Crippen molar-refractivity contribution in [2.75, 3.05) is 26.2 Å². The van der Waals surface area contributed by atoms with Crippen LogP contribution in [-0.2, 0) is 52.8 Å². The van der Waals surface area contributed by atoms with Gasteiger partial charge in [0.05, 0.1) is 6.33 Å². The number of carbonyl (C=O) groups is 7. The van der Waals surface area contributed by atoms with Crippen LogP contribution < -0.4 is 54.5 Å². The van der Waals surface area contributed by atoms with Gasteiger partial charge in [-0.05, 0) is 68.6 Å². The number of nitrogens with zero attached hydrogens (tertiary/aromatic N) is 3. The van der Waals surface area contributed by atoms with E-state index in [9.17, 15) is 33.6 Å². The Bertz CT molecular complexity index is 2540. The van der Waals surface area contributed by atoms with Gasteiger partial charge in [-0.3, -0.25) is 38.6 Å². The molecule has 0 fully saturated rings. The minimum absolute atomic E-state index is 0.0101. The van der Waals surface area contributed by atoms with Crippen molar-refractivity contribution in [3.63, 3.8) is 0 Å². The molecule has 4 atom stereocenters. The Kier molecular flexibility index (Phi) is 30.3. The third-order valence-electron chi connectivity index (χ3n) is 13.0. The molecule has 0 spiro atoms. The molecule has 0 aliphatic heterocycles. The van der Waals surface area contributed by atoms with Crippen molar-refractivity contribution in [2.45, 2.75) is 160 Å². The molecular formula is C57H85N15O7. The fraction of sp³-hybridized carbons (Fsp3) is 0.509. The molecular weight excluding hydrogens is 1010 g/mol. The van der Waals surface area contributed by atoms with Gasteiger partial charge in [0.2, 0.25) is 35.4 Å². The van der Waals surface area contributed by atoms with Crippen LogP contribution in [0.1, 0.15) is 133 Å². The first-order valence-corrected chi connectivity index (χ1v) is 27.9. The number of primary amides is 1. The molecule has 2 heterocycles. The van der Waals surface area contributed by atoms with Gasteiger partial charge < -0.3 is 64.5 Å². The van der Waals surface area contributed by atoms with Gasteiger partial charge in [0, 0.05) is 74.3 Å². The number of aromatic amines is 2. The van der Waals surface area contributed by atoms with Crippen molar-refractivity contribution in [1.29, 1.82) is 0 Å². The van der Waals surface area contributed by atoms with Crippen LogP contribution in [0.15, 0.2) is 95.6 Å². The number of para-hydroxylation sites is 1. The number of carbonyl (C=O) groups excluding carboxylic acids is 7. The number of hydrazone groups is 1. The van der Waals surface area contributed by atoms with E-state index in [0.29, 0.717) is 37.2 Å². The first-order chi connectivity index (χ1) is 38.3. The van der Waals surface area contributed by atoms with Crippen molar-refractivity contribution in [3.8, 4) is 0 Å². The van der Waals surface area contributed by atoms with Gasteiger partial charge in [-0.2, -0.15) is 5.10 Å². The Labute approximate surface area is 464 Å². The van der Waals surface area contributed by atoms with Crippen LogP contribution in [0.25, 0.3) is 10.9 Å². The Morgan fingerprint density at radius 3 is 1.96 bits per heavy atom. The van der Waals surface area contributed by atoms with E-state index in [1.807, 2.05) is 24.3 Å². The number of amides is 7. The molecule has 22 heteroatoms. The maximum absolute atomic E-state index is 14.3. The summed E-state index contributed by atoms with van der Waals surface area (Å²) in [6.45, 7) is 2.66. The highest BCUT2D eigenvalue weighted by Crippen LogP contribution is 2.19. The first-order valence-electron chi connectivity index (χ1n) is 27.9. The average molecular weight is 1090 g/mol. The van der Waals surface area contributed by atoms with Gasteiger partial charge in [-0.15, -0.1) is 0 Å². The zero-order valence-electron chi connectivity index (χ0n) is 45.9. The Morgan fingerprint density at radius 2 is 1.27 bits per heavy atom. The first kappa shape index (κ1) is 63.5. The molecule has 0 aliphatic carbocycles. The van der Waals surface area contributed by atoms with E-state index in [-0.39, 0.29) is 50.5 Å². The van der Waals surface area contributed by atoms with E-state index >= 15 is 0 Å². The fourth-order valence-corrected chi connectivity index (χ4v) is 8.70. The van der Waals surface area contributed by atoms with E-state index in [1.165, 1.54) is 63.9 Å². The number of guanidine groups is 1. The van der Waals surface area contributed by atoms with Crippen molar-refractivity contribution in [3.05, 3.63) is 102 Å². The molecule has 79 heavy (non-hydrogen) atoms. The van der Waals surface area contributed by atoms with E-state index in [4.69, 9.17) is 17.2 Å². The molecule has 4 rings (SSSR count). The predicted octanol–water partition coefficient (Wildman–Crippen LogP) is 3.63. The molecule has 0 aliphatic rings. The number of hydrogen-bond acceptors (Lipinski definition) is 11. The summed E-state index contributed by atoms with van der Waals surface area (Å²) >= 11 is 0. The molecule has 2 aromatic heterocycles. The highest BCUT2D eigenvalue weighted by atomic mass is 16.2. The number of nitrogens with one attached hydrogen (secondary N) is 9. The molecule has 0 unspecified atom stereocenters. The van der Waals surface area contributed by atoms with Crippen LogP contribution in [0.3, 0.4) is 0 Å². The van der Waals surface area contributed by atoms with Gasteiger partial charge in [-0.25, -0.2) is 4.98 Å². The third kappa shape index (κ3) is 26.7. The number of H-pyrrole nitrogens is 2. The molecule has 7 amide bonds. The number of benzene rings is 2. The van der Waals surface area contributed by atoms with E-state index in [2.05, 4.69) is 81.4 Å². The minimum Gasteiger partial charge on any atom is -0.370 e. The number of unbranched alkanes of at least 4 members (excludes halogenated alkanes) is 11. The van der Waals surface area contributed by atoms with Gasteiger partial charge in [0.15, 0.2) is 5.96 Å². The van der Waals surface area contributed by atoms with Crippen molar-refractivity contribution in [2.24, 2.45) is 27.3 Å². The second-order valence-electron chi connectivity index (χ2n) is 19.6. The lowest BCUT2D eigenvalue weighted by Gasteiger charge is -2.26. The largest absolute Gasteiger partial charge is 0.370 e. The van der Waals surface area contributed by atoms with Crippen LogP contribution in [0.2, 0.25) is 0 Å². The average Bonchev–Trinajstić information content (AvgIpc) is 4.11. The number of rotatable bonds is 41. The standard InChI is InChI=1S/C57H85N15O7/c1-2-3-4-5-6-7-8-9-10-11-12-13-14-15-19-29-50(73)62-31-23-32-63-51(74)38-67-68-39-52(75)69-49(35-43-37-61-40-66-43)56(79)72-48(33-41-24-17-16-18-25-41)55(78)70-46(28-22-30-64-57(59)60)54(77)71-47(53(58)76)34-42-36-65-45-27-21-20-26-44(42)45/h9-10,16-18,20-21,24-27,36-38,40,46-49,65,68H,2-8,11-15,19,22-23,28-35,39H2,1H3,(H2,58,76)(H,61,66)(H,62,73)(H,63,74)(H,69,75)(H,70,78)(H,71,77)(H,72,79)(H4,59,60,64)/b10-9+,67-38+/t46-,47-,48+,49-/m0/s1. The highest BCUT2D eigenvalue weighted by molar-refractivity contribution is 6.26. The topological polar surface area (TPSA) is 351 Å². The summed E-state index contributed by atoms with van der Waals surface area (Å²) in [5, 5.41) is 21.2. The number of aromatic nitrogens is 3. The molecule has 4 aromatic rings. The molecule has 0 saturated heterocycles. The van der Waals surface area contributed by atoms with Crippen molar-refractivity contribution >= 4 is 64.4 Å². The monoisotopic (exact) mass is 1090 g/mol. The zero-order valence-corrected chi connectivity index (χ0v) is 45.9. The van der Waals surface area contributed by atoms with Gasteiger partial charge in [0.25, 0.3) is 5.91 Å². The van der Waals surface area contributed by atoms with Crippen molar-refractivity contribution in [1.82, 2.24) is 52.3 Å². The lowest BCUT2D eigenvalue weighted by molar-refractivity contribution is -0.134. The molecule has 0 radical (unpaired) electrons. The molecule has 15 N–H and O–H groups in total. The zero-order chi connectivity index (χ0) is 56.9. The molecule has 2 aromatic carbocycles. The van der Waals surface area contributed by atoms with Gasteiger partial charge >= 0.3 is 0 Å². The van der Waals surface area contributed by atoms with Crippen LogP contribution in [0.4, 0.5) is 0 Å². The summed E-state index contributed by atoms with van der Waals surface area (Å²) in [6.07, 6.45) is 27.1. The second kappa shape index (κ2) is 37.7. The maximum Gasteiger partial charge on any atom is 0.264 e. The summed E-state index contributed by atoms with van der Waals surface area (Å²) in [6, 6.07) is 11.4. The Morgan fingerprint density at radius 1 is 0.633 bits per heavy atom. The van der Waals surface area contributed by atoms with E-state index in [0.717, 1.165) is 54.8 Å². The van der Waals surface area contributed by atoms with E-state index < -0.39 is 66.2 Å². The number of fused-ring (bicyclic) bond motifs is 1. The summed E-state index contributed by atoms with van der Waals surface area (Å²) in [7, 11) is 0. The summed E-state index contributed by atoms with van der Waals surface area (Å²) in [5.74, 6) is -4.31. The molecule has 0 bridgehead atoms. The highest BCUT2D eigenvalue weighted by Gasteiger charge is 2.32. The quantitative estimate of drug-likeness (QED) is 0.0100. The van der Waals surface area contributed by atoms with Crippen LogP contribution >= 0.6 is 0 Å². The molecule has 0 saturated carbocycles. The lowest BCUT2D eigenvalue weighted by atomic mass is 10.0. The number of hydrogen-bond donors (Lipinski definition) is 12. The molecule has 22 nitrogen and oxygen atoms in total. The van der Waals surface area contributed by atoms with E-state index in [1.54, 1.807) is 36.5 Å². The van der Waals surface area contributed by atoms with Crippen LogP contribution in [0, 0.1) is 0 Å². The SMILES string of the molecule is CCCCCCCC/C=C/CCCCCCCC(=O)NCCCNC(=O)/C=N/NCC(=O)N[C@@H](Cc1cnc[nH]1)C(=O)N[C@H](Cc1ccccc1)C(=O)N[C@@H](CCCN=C(N)N)C(=O)N[C@@H](Cc1c[nH]c2ccccc12)C(N)=O. The summed E-state index contributed by atoms with van der Waals surface area (Å²) in [4.78, 5) is 107. The summed E-state index contributed by atoms with van der Waals surface area (Å²) in [5.41, 5.74) is 22.1. The number of aliphatic imine (C=N–C) groups is 1. The maximum atomic E-state index is 14.3. The summed E-state index contributed by atoms with van der Waals surface area (Å²) < 4.78 is 0. The van der Waals surface area contributed by atoms with Crippen molar-refractivity contribution < 1.29 is 33.6 Å². The van der Waals surface area contributed by atoms with Crippen LogP contribution in [0.5, 0.6) is 0 Å². The third-order valence-corrected chi connectivity index (χ3v) is 13.0. The minimum atomic E-state index is -1.28. The normalized spacial score (nSPS) is 12.8. The van der Waals surface area contributed by atoms with Gasteiger partial charge in [0.1, 0.15) is 36.9 Å². The fourth-order valence-electron chi connectivity index (χ4n) is 8.70. The number of allylic oxidation sites excluding steroid dienone is 2. The Hall–Kier alpha value is -8.04. The molecule has 430 valence electrons. The smallest absolute Gasteiger partial charge is 0.264 e. The predicted molar refractivity (Wildman–Crippen MR) is 308 cm³/mol. The van der Waals surface area contributed by atoms with Gasteiger partial charge in [-0.1, -0.05) is 119 Å². The number of imidazole rings is 1. The second-order valence-corrected chi connectivity index (χ2v) is 19.6. The number of nitrogens with two attached hydrogens (primary N) is 3. The lowest BCUT2D eigenvalue weighted by Crippen LogP contribution is -2.59.